The largest absolute Gasteiger partial charge is 0.394 e. The van der Waals surface area contributed by atoms with Crippen molar-refractivity contribution >= 4 is 27.3 Å². The Balaban J connectivity index is 1.79. The molecule has 3 rings (SSSR count). The number of benzene rings is 1. The highest BCUT2D eigenvalue weighted by atomic mass is 35.5. The van der Waals surface area contributed by atoms with Crippen LogP contribution < -0.4 is 5.32 Å². The van der Waals surface area contributed by atoms with Crippen LogP contribution in [0, 0.1) is 11.2 Å². The fraction of sp³-hybridized carbons (Fsp3) is 0.600. The number of aliphatic hydroxyl groups is 1. The number of rotatable bonds is 8. The molecule has 0 bridgehead atoms. The topological polar surface area (TPSA) is 101 Å². The van der Waals surface area contributed by atoms with E-state index in [4.69, 9.17) is 11.6 Å². The van der Waals surface area contributed by atoms with Gasteiger partial charge in [0, 0.05) is 24.9 Å². The Labute approximate surface area is 224 Å². The number of hydrogen-bond acceptors (Lipinski definition) is 5. The van der Waals surface area contributed by atoms with Crippen LogP contribution in [0.1, 0.15) is 62.5 Å². The van der Waals surface area contributed by atoms with Gasteiger partial charge in [-0.1, -0.05) is 31.5 Å². The second kappa shape index (κ2) is 10.8. The van der Waals surface area contributed by atoms with E-state index < -0.39 is 50.4 Å². The minimum absolute atomic E-state index is 0.0188. The second-order valence-corrected chi connectivity index (χ2v) is 13.3. The summed E-state index contributed by atoms with van der Waals surface area (Å²) in [4.78, 5) is 12.9. The molecule has 1 saturated carbocycles. The molecule has 0 spiro atoms. The zero-order chi connectivity index (χ0) is 28.7. The molecule has 2 N–H and O–H groups in total. The van der Waals surface area contributed by atoms with Gasteiger partial charge < -0.3 is 10.4 Å². The van der Waals surface area contributed by atoms with E-state index in [1.807, 2.05) is 0 Å². The molecule has 13 heteroatoms. The summed E-state index contributed by atoms with van der Waals surface area (Å²) < 4.78 is 79.7. The second-order valence-electron chi connectivity index (χ2n) is 10.6. The molecular formula is C25H32ClF4N3O4S. The van der Waals surface area contributed by atoms with E-state index in [0.717, 1.165) is 26.2 Å². The third-order valence-electron chi connectivity index (χ3n) is 7.16. The van der Waals surface area contributed by atoms with Gasteiger partial charge in [-0.15, -0.1) is 0 Å². The van der Waals surface area contributed by atoms with Crippen LogP contribution in [0.2, 0.25) is 5.02 Å². The quantitative estimate of drug-likeness (QED) is 0.430. The smallest absolute Gasteiger partial charge is 0.388 e. The molecule has 1 heterocycles. The first kappa shape index (κ1) is 30.4. The number of nitrogens with one attached hydrogen (secondary N) is 1. The van der Waals surface area contributed by atoms with Gasteiger partial charge in [0.15, 0.2) is 5.69 Å². The summed E-state index contributed by atoms with van der Waals surface area (Å²) in [5.41, 5.74) is -3.29. The van der Waals surface area contributed by atoms with Crippen molar-refractivity contribution in [3.8, 4) is 11.3 Å². The molecule has 0 atom stereocenters. The molecule has 1 aromatic carbocycles. The maximum Gasteiger partial charge on any atom is 0.394 e. The highest BCUT2D eigenvalue weighted by Gasteiger charge is 2.47. The number of carbonyl (C=O) groups excluding carboxylic acids is 1. The monoisotopic (exact) mass is 581 g/mol. The molecule has 0 saturated heterocycles. The average Bonchev–Trinajstić information content (AvgIpc) is 3.12. The minimum Gasteiger partial charge on any atom is -0.388 e. The highest BCUT2D eigenvalue weighted by Crippen LogP contribution is 2.41. The van der Waals surface area contributed by atoms with Crippen LogP contribution >= 0.6 is 11.6 Å². The summed E-state index contributed by atoms with van der Waals surface area (Å²) in [5.74, 6) is -1.51. The number of halogens is 5. The fourth-order valence-electron chi connectivity index (χ4n) is 4.60. The first-order valence-corrected chi connectivity index (χ1v) is 14.5. The molecule has 1 aromatic heterocycles. The summed E-state index contributed by atoms with van der Waals surface area (Å²) in [5, 5.41) is 16.9. The van der Waals surface area contributed by atoms with Gasteiger partial charge in [0.1, 0.15) is 15.7 Å². The standard InChI is InChI=1S/C25H32ClF4N3O4S/c1-5-33-21(17-7-6-15(12-18(17)27)13-23(2,3)25(28,29)30)19(26)20(32-33)22(34)31-14-24(35)10-8-16(9-11-24)38(4,36)37/h6-7,12,16,35H,5,8-11,13-14H2,1-4H3,(H,31,34). The summed E-state index contributed by atoms with van der Waals surface area (Å²) in [7, 11) is -3.22. The van der Waals surface area contributed by atoms with Crippen molar-refractivity contribution in [3.05, 3.63) is 40.3 Å². The lowest BCUT2D eigenvalue weighted by Crippen LogP contribution is -2.47. The van der Waals surface area contributed by atoms with E-state index in [-0.39, 0.29) is 66.3 Å². The van der Waals surface area contributed by atoms with E-state index in [9.17, 15) is 31.5 Å². The van der Waals surface area contributed by atoms with Crippen molar-refractivity contribution in [1.29, 1.82) is 0 Å². The summed E-state index contributed by atoms with van der Waals surface area (Å²) in [6, 6.07) is 3.72. The van der Waals surface area contributed by atoms with Crippen molar-refractivity contribution < 1.29 is 35.9 Å². The predicted octanol–water partition coefficient (Wildman–Crippen LogP) is 4.94. The fourth-order valence-corrected chi connectivity index (χ4v) is 6.02. The molecule has 7 nitrogen and oxygen atoms in total. The molecule has 212 valence electrons. The lowest BCUT2D eigenvalue weighted by atomic mass is 9.84. The molecule has 1 fully saturated rings. The molecular weight excluding hydrogens is 550 g/mol. The van der Waals surface area contributed by atoms with Crippen molar-refractivity contribution in [1.82, 2.24) is 15.1 Å². The van der Waals surface area contributed by atoms with E-state index in [1.165, 1.54) is 16.8 Å². The number of hydrogen-bond donors (Lipinski definition) is 2. The summed E-state index contributed by atoms with van der Waals surface area (Å²) >= 11 is 6.45. The molecule has 0 radical (unpaired) electrons. The highest BCUT2D eigenvalue weighted by molar-refractivity contribution is 7.91. The van der Waals surface area contributed by atoms with Crippen molar-refractivity contribution in [3.63, 3.8) is 0 Å². The van der Waals surface area contributed by atoms with Gasteiger partial charge in [-0.05, 0) is 56.7 Å². The molecule has 2 aromatic rings. The molecule has 1 amide bonds. The van der Waals surface area contributed by atoms with Crippen molar-refractivity contribution in [2.75, 3.05) is 12.8 Å². The van der Waals surface area contributed by atoms with E-state index in [1.54, 1.807) is 6.92 Å². The average molecular weight is 582 g/mol. The van der Waals surface area contributed by atoms with Crippen LogP contribution in [0.15, 0.2) is 18.2 Å². The SMILES string of the molecule is CCn1nc(C(=O)NCC2(O)CCC(S(C)(=O)=O)CC2)c(Cl)c1-c1ccc(CC(C)(C)C(F)(F)F)cc1F. The van der Waals surface area contributed by atoms with Gasteiger partial charge in [-0.3, -0.25) is 9.48 Å². The lowest BCUT2D eigenvalue weighted by Gasteiger charge is -2.35. The van der Waals surface area contributed by atoms with Crippen LogP contribution in [0.3, 0.4) is 0 Å². The Morgan fingerprint density at radius 1 is 1.26 bits per heavy atom. The van der Waals surface area contributed by atoms with E-state index in [0.29, 0.717) is 0 Å². The van der Waals surface area contributed by atoms with Gasteiger partial charge in [-0.25, -0.2) is 12.8 Å². The molecule has 0 unspecified atom stereocenters. The summed E-state index contributed by atoms with van der Waals surface area (Å²) in [6.45, 7) is 3.86. The van der Waals surface area contributed by atoms with Crippen LogP contribution in [-0.4, -0.2) is 59.0 Å². The van der Waals surface area contributed by atoms with Crippen LogP contribution in [0.4, 0.5) is 17.6 Å². The van der Waals surface area contributed by atoms with Gasteiger partial charge in [0.25, 0.3) is 5.91 Å². The number of alkyl halides is 3. The number of nitrogens with zero attached hydrogens (tertiary/aromatic N) is 2. The maximum absolute atomic E-state index is 15.1. The predicted molar refractivity (Wildman–Crippen MR) is 136 cm³/mol. The Kier molecular flexibility index (Phi) is 8.60. The van der Waals surface area contributed by atoms with Gasteiger partial charge in [0.05, 0.1) is 27.0 Å². The molecule has 38 heavy (non-hydrogen) atoms. The minimum atomic E-state index is -4.46. The third-order valence-corrected chi connectivity index (χ3v) is 9.20. The van der Waals surface area contributed by atoms with Crippen molar-refractivity contribution in [2.45, 2.75) is 76.4 Å². The molecule has 1 aliphatic rings. The molecule has 1 aliphatic carbocycles. The lowest BCUT2D eigenvalue weighted by molar-refractivity contribution is -0.211. The zero-order valence-corrected chi connectivity index (χ0v) is 23.2. The number of aromatic nitrogens is 2. The number of amides is 1. The number of carbonyl (C=O) groups is 1. The van der Waals surface area contributed by atoms with E-state index in [2.05, 4.69) is 10.4 Å². The van der Waals surface area contributed by atoms with Gasteiger partial charge in [0.2, 0.25) is 0 Å². The number of aryl methyl sites for hydroxylation is 1. The van der Waals surface area contributed by atoms with E-state index >= 15 is 4.39 Å². The Hall–Kier alpha value is -2.18. The zero-order valence-electron chi connectivity index (χ0n) is 21.6. The van der Waals surface area contributed by atoms with Gasteiger partial charge in [-0.2, -0.15) is 18.3 Å². The van der Waals surface area contributed by atoms with Crippen LogP contribution in [-0.2, 0) is 22.8 Å². The maximum atomic E-state index is 15.1. The van der Waals surface area contributed by atoms with Crippen LogP contribution in [0.25, 0.3) is 11.3 Å². The van der Waals surface area contributed by atoms with Crippen molar-refractivity contribution in [2.24, 2.45) is 5.41 Å². The number of sulfone groups is 1. The Morgan fingerprint density at radius 3 is 2.37 bits per heavy atom. The Morgan fingerprint density at radius 2 is 1.87 bits per heavy atom. The van der Waals surface area contributed by atoms with Gasteiger partial charge >= 0.3 is 6.18 Å². The third kappa shape index (κ3) is 6.51. The normalized spacial score (nSPS) is 20.9. The Bertz CT molecular complexity index is 1300. The first-order valence-electron chi connectivity index (χ1n) is 12.2. The van der Waals surface area contributed by atoms with Crippen LogP contribution in [0.5, 0.6) is 0 Å². The first-order chi connectivity index (χ1) is 17.4. The molecule has 0 aliphatic heterocycles. The summed E-state index contributed by atoms with van der Waals surface area (Å²) in [6.07, 6.45) is -2.80.